The van der Waals surface area contributed by atoms with E-state index in [0.29, 0.717) is 17.4 Å². The molecule has 7 heteroatoms. The monoisotopic (exact) mass is 345 g/mol. The summed E-state index contributed by atoms with van der Waals surface area (Å²) in [5.74, 6) is -1.56. The van der Waals surface area contributed by atoms with Gasteiger partial charge in [-0.15, -0.1) is 12.4 Å². The number of carbonyl (C=O) groups excluding carboxylic acids is 1. The number of nitrogens with two attached hydrogens (primary N) is 1. The Hall–Kier alpha value is -1.63. The standard InChI is InChI=1S/C16H24N2O4.ClH/c1-18(2,3)11-13(10-15(19)20)22-16(21)14(17)9-12-7-5-4-6-8-12;/h4-8,13-14H,9-11,17H2,1-3H3;1H/p+1/t13-,14-;/m0./s1. The number of aliphatic carboxylic acids is 1. The lowest BCUT2D eigenvalue weighted by Crippen LogP contribution is -2.46. The minimum atomic E-state index is -0.997. The van der Waals surface area contributed by atoms with Crippen LogP contribution in [0.15, 0.2) is 30.3 Å². The van der Waals surface area contributed by atoms with Crippen LogP contribution < -0.4 is 5.73 Å². The second-order valence-corrected chi connectivity index (χ2v) is 6.43. The lowest BCUT2D eigenvalue weighted by molar-refractivity contribution is -0.873. The number of carbonyl (C=O) groups is 2. The predicted molar refractivity (Wildman–Crippen MR) is 90.4 cm³/mol. The highest BCUT2D eigenvalue weighted by atomic mass is 35.5. The van der Waals surface area contributed by atoms with Crippen molar-refractivity contribution in [2.45, 2.75) is 25.0 Å². The summed E-state index contributed by atoms with van der Waals surface area (Å²) in [5, 5.41) is 8.94. The van der Waals surface area contributed by atoms with Crippen molar-refractivity contribution >= 4 is 24.3 Å². The van der Waals surface area contributed by atoms with Crippen LogP contribution >= 0.6 is 12.4 Å². The Labute approximate surface area is 143 Å². The molecule has 23 heavy (non-hydrogen) atoms. The van der Waals surface area contributed by atoms with E-state index in [2.05, 4.69) is 0 Å². The van der Waals surface area contributed by atoms with Gasteiger partial charge in [-0.1, -0.05) is 30.3 Å². The summed E-state index contributed by atoms with van der Waals surface area (Å²) < 4.78 is 5.81. The number of carboxylic acid groups (broad SMARTS) is 1. The van der Waals surface area contributed by atoms with E-state index >= 15 is 0 Å². The first-order chi connectivity index (χ1) is 10.2. The summed E-state index contributed by atoms with van der Waals surface area (Å²) in [7, 11) is 5.73. The maximum absolute atomic E-state index is 12.1. The summed E-state index contributed by atoms with van der Waals surface area (Å²) in [5.41, 5.74) is 6.80. The zero-order valence-electron chi connectivity index (χ0n) is 13.8. The molecule has 2 atom stereocenters. The van der Waals surface area contributed by atoms with Gasteiger partial charge in [-0.05, 0) is 12.0 Å². The number of nitrogens with zero attached hydrogens (tertiary/aromatic N) is 1. The summed E-state index contributed by atoms with van der Waals surface area (Å²) in [6.45, 7) is 0.413. The van der Waals surface area contributed by atoms with Crippen LogP contribution in [-0.4, -0.2) is 61.4 Å². The van der Waals surface area contributed by atoms with Crippen LogP contribution in [0.2, 0.25) is 0 Å². The molecule has 0 aliphatic carbocycles. The molecule has 0 bridgehead atoms. The number of hydrogen-bond donors (Lipinski definition) is 2. The third kappa shape index (κ3) is 9.18. The number of halogens is 1. The molecule has 1 aromatic rings. The first-order valence-electron chi connectivity index (χ1n) is 7.19. The van der Waals surface area contributed by atoms with Crippen LogP contribution in [-0.2, 0) is 20.7 Å². The van der Waals surface area contributed by atoms with Crippen molar-refractivity contribution < 1.29 is 23.9 Å². The lowest BCUT2D eigenvalue weighted by Gasteiger charge is -2.28. The molecule has 6 nitrogen and oxygen atoms in total. The fourth-order valence-corrected chi connectivity index (χ4v) is 2.15. The molecule has 0 radical (unpaired) electrons. The van der Waals surface area contributed by atoms with E-state index in [1.807, 2.05) is 51.5 Å². The number of ether oxygens (including phenoxy) is 1. The van der Waals surface area contributed by atoms with Crippen molar-refractivity contribution in [3.05, 3.63) is 35.9 Å². The molecule has 0 fully saturated rings. The van der Waals surface area contributed by atoms with Crippen LogP contribution in [0, 0.1) is 0 Å². The number of quaternary nitrogens is 1. The molecule has 0 spiro atoms. The van der Waals surface area contributed by atoms with E-state index in [0.717, 1.165) is 5.56 Å². The average Bonchev–Trinajstić information content (AvgIpc) is 2.36. The van der Waals surface area contributed by atoms with Crippen molar-refractivity contribution in [3.63, 3.8) is 0 Å². The van der Waals surface area contributed by atoms with Crippen molar-refractivity contribution in [3.8, 4) is 0 Å². The highest BCUT2D eigenvalue weighted by molar-refractivity contribution is 5.85. The molecule has 0 heterocycles. The van der Waals surface area contributed by atoms with Gasteiger partial charge in [0.1, 0.15) is 12.6 Å². The Morgan fingerprint density at radius 2 is 1.78 bits per heavy atom. The highest BCUT2D eigenvalue weighted by Crippen LogP contribution is 2.08. The third-order valence-corrected chi connectivity index (χ3v) is 3.04. The second kappa shape index (κ2) is 9.50. The number of likely N-dealkylation sites (N-methyl/N-ethyl adjacent to an activating group) is 1. The quantitative estimate of drug-likeness (QED) is 0.543. The van der Waals surface area contributed by atoms with E-state index in [1.165, 1.54) is 0 Å². The Morgan fingerprint density at radius 1 is 1.22 bits per heavy atom. The van der Waals surface area contributed by atoms with Gasteiger partial charge in [-0.2, -0.15) is 0 Å². The largest absolute Gasteiger partial charge is 0.481 e. The Balaban J connectivity index is 0.00000484. The summed E-state index contributed by atoms with van der Waals surface area (Å²) in [6.07, 6.45) is -0.546. The second-order valence-electron chi connectivity index (χ2n) is 6.43. The maximum Gasteiger partial charge on any atom is 0.323 e. The molecule has 0 amide bonds. The van der Waals surface area contributed by atoms with Gasteiger partial charge in [-0.25, -0.2) is 0 Å². The number of benzene rings is 1. The normalized spacial score (nSPS) is 13.6. The van der Waals surface area contributed by atoms with Gasteiger partial charge < -0.3 is 20.1 Å². The Morgan fingerprint density at radius 3 is 2.26 bits per heavy atom. The molecule has 1 aromatic carbocycles. The molecule has 130 valence electrons. The molecule has 0 saturated carbocycles. The molecule has 1 rings (SSSR count). The van der Waals surface area contributed by atoms with E-state index in [1.54, 1.807) is 0 Å². The number of esters is 1. The van der Waals surface area contributed by atoms with Crippen LogP contribution in [0.1, 0.15) is 12.0 Å². The van der Waals surface area contributed by atoms with E-state index in [-0.39, 0.29) is 18.8 Å². The average molecular weight is 346 g/mol. The summed E-state index contributed by atoms with van der Waals surface area (Å²) in [6, 6.07) is 8.60. The molecule has 0 saturated heterocycles. The van der Waals surface area contributed by atoms with Crippen molar-refractivity contribution in [2.75, 3.05) is 27.7 Å². The summed E-state index contributed by atoms with van der Waals surface area (Å²) in [4.78, 5) is 23.0. The SMILES string of the molecule is C[N+](C)(C)C[C@H](CC(=O)O)OC(=O)[C@@H](N)Cc1ccccc1.Cl. The topological polar surface area (TPSA) is 89.6 Å². The van der Waals surface area contributed by atoms with Crippen molar-refractivity contribution in [1.29, 1.82) is 0 Å². The fourth-order valence-electron chi connectivity index (χ4n) is 2.15. The number of carboxylic acids is 1. The van der Waals surface area contributed by atoms with Crippen LogP contribution in [0.3, 0.4) is 0 Å². The van der Waals surface area contributed by atoms with E-state index in [9.17, 15) is 9.59 Å². The van der Waals surface area contributed by atoms with Crippen LogP contribution in [0.5, 0.6) is 0 Å². The number of rotatable bonds is 8. The maximum atomic E-state index is 12.1. The Kier molecular flexibility index (Phi) is 8.82. The van der Waals surface area contributed by atoms with Gasteiger partial charge in [0.15, 0.2) is 6.10 Å². The first-order valence-corrected chi connectivity index (χ1v) is 7.19. The first kappa shape index (κ1) is 21.4. The molecule has 0 aliphatic rings. The van der Waals surface area contributed by atoms with Gasteiger partial charge in [0.2, 0.25) is 0 Å². The predicted octanol–water partition coefficient (Wildman–Crippen LogP) is 1.07. The smallest absolute Gasteiger partial charge is 0.323 e. The van der Waals surface area contributed by atoms with Gasteiger partial charge in [-0.3, -0.25) is 9.59 Å². The van der Waals surface area contributed by atoms with Crippen LogP contribution in [0.25, 0.3) is 0 Å². The highest BCUT2D eigenvalue weighted by Gasteiger charge is 2.27. The van der Waals surface area contributed by atoms with Crippen LogP contribution in [0.4, 0.5) is 0 Å². The van der Waals surface area contributed by atoms with Gasteiger partial charge in [0.25, 0.3) is 0 Å². The number of hydrogen-bond acceptors (Lipinski definition) is 4. The molecule has 3 N–H and O–H groups in total. The van der Waals surface area contributed by atoms with E-state index in [4.69, 9.17) is 15.6 Å². The lowest BCUT2D eigenvalue weighted by atomic mass is 10.1. The summed E-state index contributed by atoms with van der Waals surface area (Å²) >= 11 is 0. The minimum Gasteiger partial charge on any atom is -0.481 e. The molecule has 0 aromatic heterocycles. The van der Waals surface area contributed by atoms with Crippen molar-refractivity contribution in [1.82, 2.24) is 0 Å². The molecule has 0 unspecified atom stereocenters. The van der Waals surface area contributed by atoms with Gasteiger partial charge >= 0.3 is 11.9 Å². The minimum absolute atomic E-state index is 0. The zero-order chi connectivity index (χ0) is 16.8. The van der Waals surface area contributed by atoms with Crippen molar-refractivity contribution in [2.24, 2.45) is 5.73 Å². The zero-order valence-corrected chi connectivity index (χ0v) is 14.6. The Bertz CT molecular complexity index is 503. The van der Waals surface area contributed by atoms with Gasteiger partial charge in [0, 0.05) is 0 Å². The fraction of sp³-hybridized carbons (Fsp3) is 0.500. The third-order valence-electron chi connectivity index (χ3n) is 3.04. The molecular weight excluding hydrogens is 320 g/mol. The molecule has 0 aliphatic heterocycles. The van der Waals surface area contributed by atoms with E-state index < -0.39 is 24.1 Å². The van der Waals surface area contributed by atoms with Gasteiger partial charge in [0.05, 0.1) is 27.6 Å². The molecular formula is C16H26ClN2O4+.